The first-order valence-corrected chi connectivity index (χ1v) is 5.38. The van der Waals surface area contributed by atoms with Gasteiger partial charge in [-0.2, -0.15) is 0 Å². The van der Waals surface area contributed by atoms with Gasteiger partial charge in [0.05, 0.1) is 6.26 Å². The summed E-state index contributed by atoms with van der Waals surface area (Å²) >= 11 is 0. The maximum Gasteiger partial charge on any atom is 0.135 e. The van der Waals surface area contributed by atoms with Crippen LogP contribution in [-0.4, -0.2) is 7.11 Å². The molecule has 2 heteroatoms. The summed E-state index contributed by atoms with van der Waals surface area (Å²) in [6.45, 7) is 2.05. The average molecular weight is 194 g/mol. The van der Waals surface area contributed by atoms with Gasteiger partial charge in [-0.3, -0.25) is 0 Å². The minimum absolute atomic E-state index is 0.132. The smallest absolute Gasteiger partial charge is 0.135 e. The highest BCUT2D eigenvalue weighted by atomic mass is 16.5. The lowest BCUT2D eigenvalue weighted by Gasteiger charge is -2.33. The summed E-state index contributed by atoms with van der Waals surface area (Å²) in [5.41, 5.74) is 1.05. The average Bonchev–Trinajstić information content (AvgIpc) is 2.66. The molecule has 0 radical (unpaired) electrons. The van der Waals surface area contributed by atoms with E-state index in [1.54, 1.807) is 7.11 Å². The van der Waals surface area contributed by atoms with Crippen molar-refractivity contribution in [2.45, 2.75) is 44.6 Å². The maximum absolute atomic E-state index is 5.68. The van der Waals surface area contributed by atoms with E-state index in [1.807, 2.05) is 6.26 Å². The summed E-state index contributed by atoms with van der Waals surface area (Å²) in [6.07, 6.45) is 7.81. The highest BCUT2D eigenvalue weighted by molar-refractivity contribution is 5.17. The van der Waals surface area contributed by atoms with Gasteiger partial charge in [0.2, 0.25) is 0 Å². The molecule has 78 valence electrons. The van der Waals surface area contributed by atoms with Crippen LogP contribution in [0.5, 0.6) is 0 Å². The zero-order valence-electron chi connectivity index (χ0n) is 9.01. The van der Waals surface area contributed by atoms with E-state index in [2.05, 4.69) is 13.0 Å². The van der Waals surface area contributed by atoms with Crippen LogP contribution in [0.15, 0.2) is 16.7 Å². The summed E-state index contributed by atoms with van der Waals surface area (Å²) in [5.74, 6) is 1.01. The SMILES string of the molecule is COC1(c2cc(C)co2)CCCCC1. The molecule has 0 spiro atoms. The molecule has 1 aliphatic rings. The fraction of sp³-hybridized carbons (Fsp3) is 0.667. The molecule has 0 aliphatic heterocycles. The van der Waals surface area contributed by atoms with Crippen molar-refractivity contribution in [3.8, 4) is 0 Å². The molecule has 2 nitrogen and oxygen atoms in total. The quantitative estimate of drug-likeness (QED) is 0.720. The number of aryl methyl sites for hydroxylation is 1. The highest BCUT2D eigenvalue weighted by Crippen LogP contribution is 2.40. The van der Waals surface area contributed by atoms with E-state index in [0.717, 1.165) is 18.6 Å². The molecule has 14 heavy (non-hydrogen) atoms. The lowest BCUT2D eigenvalue weighted by molar-refractivity contribution is -0.0601. The highest BCUT2D eigenvalue weighted by Gasteiger charge is 2.36. The molecular formula is C12H18O2. The predicted molar refractivity (Wildman–Crippen MR) is 55.2 cm³/mol. The Morgan fingerprint density at radius 2 is 2.00 bits per heavy atom. The molecule has 0 amide bonds. The predicted octanol–water partition coefficient (Wildman–Crippen LogP) is 3.39. The third-order valence-electron chi connectivity index (χ3n) is 3.23. The van der Waals surface area contributed by atoms with Gasteiger partial charge in [-0.25, -0.2) is 0 Å². The number of methoxy groups -OCH3 is 1. The van der Waals surface area contributed by atoms with Gasteiger partial charge >= 0.3 is 0 Å². The molecule has 1 heterocycles. The Bertz CT molecular complexity index is 295. The third kappa shape index (κ3) is 1.59. The van der Waals surface area contributed by atoms with Crippen LogP contribution in [0.4, 0.5) is 0 Å². The van der Waals surface area contributed by atoms with Gasteiger partial charge in [-0.15, -0.1) is 0 Å². The van der Waals surface area contributed by atoms with E-state index < -0.39 is 0 Å². The minimum Gasteiger partial charge on any atom is -0.466 e. The van der Waals surface area contributed by atoms with Crippen molar-refractivity contribution in [2.75, 3.05) is 7.11 Å². The zero-order chi connectivity index (χ0) is 10.0. The monoisotopic (exact) mass is 194 g/mol. The van der Waals surface area contributed by atoms with Crippen molar-refractivity contribution in [1.29, 1.82) is 0 Å². The Morgan fingerprint density at radius 3 is 2.50 bits per heavy atom. The Balaban J connectivity index is 2.26. The van der Waals surface area contributed by atoms with Crippen molar-refractivity contribution in [1.82, 2.24) is 0 Å². The number of ether oxygens (including phenoxy) is 1. The molecule has 2 rings (SSSR count). The van der Waals surface area contributed by atoms with Crippen LogP contribution in [0.3, 0.4) is 0 Å². The molecular weight excluding hydrogens is 176 g/mol. The van der Waals surface area contributed by atoms with Crippen LogP contribution in [-0.2, 0) is 10.3 Å². The van der Waals surface area contributed by atoms with Gasteiger partial charge in [0.1, 0.15) is 11.4 Å². The van der Waals surface area contributed by atoms with Gasteiger partial charge in [0.15, 0.2) is 0 Å². The van der Waals surface area contributed by atoms with E-state index in [-0.39, 0.29) is 5.60 Å². The van der Waals surface area contributed by atoms with Crippen molar-refractivity contribution in [2.24, 2.45) is 0 Å². The molecule has 0 aromatic carbocycles. The van der Waals surface area contributed by atoms with Crippen LogP contribution in [0, 0.1) is 6.92 Å². The van der Waals surface area contributed by atoms with Crippen molar-refractivity contribution in [3.05, 3.63) is 23.7 Å². The molecule has 1 aromatic heterocycles. The Hall–Kier alpha value is -0.760. The molecule has 1 saturated carbocycles. The molecule has 1 aromatic rings. The summed E-state index contributed by atoms with van der Waals surface area (Å²) in [5, 5.41) is 0. The van der Waals surface area contributed by atoms with Crippen LogP contribution >= 0.6 is 0 Å². The minimum atomic E-state index is -0.132. The molecule has 0 N–H and O–H groups in total. The van der Waals surface area contributed by atoms with E-state index in [4.69, 9.17) is 9.15 Å². The van der Waals surface area contributed by atoms with Gasteiger partial charge in [-0.1, -0.05) is 19.3 Å². The van der Waals surface area contributed by atoms with Gasteiger partial charge in [-0.05, 0) is 31.4 Å². The molecule has 0 unspecified atom stereocenters. The largest absolute Gasteiger partial charge is 0.466 e. The fourth-order valence-corrected chi connectivity index (χ4v) is 2.34. The third-order valence-corrected chi connectivity index (χ3v) is 3.23. The van der Waals surface area contributed by atoms with E-state index >= 15 is 0 Å². The number of hydrogen-bond donors (Lipinski definition) is 0. The topological polar surface area (TPSA) is 22.4 Å². The van der Waals surface area contributed by atoms with E-state index in [0.29, 0.717) is 0 Å². The van der Waals surface area contributed by atoms with E-state index in [1.165, 1.54) is 24.8 Å². The van der Waals surface area contributed by atoms with Crippen LogP contribution < -0.4 is 0 Å². The van der Waals surface area contributed by atoms with Crippen LogP contribution in [0.25, 0.3) is 0 Å². The standard InChI is InChI=1S/C12H18O2/c1-10-8-11(14-9-10)12(13-2)6-4-3-5-7-12/h8-9H,3-7H2,1-2H3. The summed E-state index contributed by atoms with van der Waals surface area (Å²) in [6, 6.07) is 2.11. The van der Waals surface area contributed by atoms with Gasteiger partial charge in [0, 0.05) is 7.11 Å². The first-order chi connectivity index (χ1) is 6.77. The second-order valence-corrected chi connectivity index (χ2v) is 4.25. The second-order valence-electron chi connectivity index (χ2n) is 4.25. The molecule has 1 fully saturated rings. The molecule has 1 aliphatic carbocycles. The number of hydrogen-bond acceptors (Lipinski definition) is 2. The molecule has 0 bridgehead atoms. The first-order valence-electron chi connectivity index (χ1n) is 5.38. The van der Waals surface area contributed by atoms with E-state index in [9.17, 15) is 0 Å². The lowest BCUT2D eigenvalue weighted by Crippen LogP contribution is -2.30. The number of furan rings is 1. The first kappa shape index (κ1) is 9.78. The number of rotatable bonds is 2. The maximum atomic E-state index is 5.68. The second kappa shape index (κ2) is 3.77. The lowest BCUT2D eigenvalue weighted by atomic mass is 9.82. The van der Waals surface area contributed by atoms with Gasteiger partial charge < -0.3 is 9.15 Å². The molecule has 0 saturated heterocycles. The molecule has 0 atom stereocenters. The van der Waals surface area contributed by atoms with Gasteiger partial charge in [0.25, 0.3) is 0 Å². The summed E-state index contributed by atoms with van der Waals surface area (Å²) < 4.78 is 11.3. The summed E-state index contributed by atoms with van der Waals surface area (Å²) in [7, 11) is 1.79. The Labute approximate surface area is 85.3 Å². The fourth-order valence-electron chi connectivity index (χ4n) is 2.34. The summed E-state index contributed by atoms with van der Waals surface area (Å²) in [4.78, 5) is 0. The Morgan fingerprint density at radius 1 is 1.29 bits per heavy atom. The van der Waals surface area contributed by atoms with Crippen molar-refractivity contribution < 1.29 is 9.15 Å². The van der Waals surface area contributed by atoms with Crippen molar-refractivity contribution >= 4 is 0 Å². The van der Waals surface area contributed by atoms with Crippen LogP contribution in [0.2, 0.25) is 0 Å². The van der Waals surface area contributed by atoms with Crippen LogP contribution in [0.1, 0.15) is 43.4 Å². The van der Waals surface area contributed by atoms with Crippen molar-refractivity contribution in [3.63, 3.8) is 0 Å². The zero-order valence-corrected chi connectivity index (χ0v) is 9.01. The normalized spacial score (nSPS) is 21.0. The Kier molecular flexibility index (Phi) is 2.64.